The van der Waals surface area contributed by atoms with Gasteiger partial charge in [-0.1, -0.05) is 25.9 Å². The smallest absolute Gasteiger partial charge is 0.220 e. The van der Waals surface area contributed by atoms with Crippen LogP contribution in [0.25, 0.3) is 0 Å². The fourth-order valence-electron chi connectivity index (χ4n) is 0.861. The highest BCUT2D eigenvalue weighted by molar-refractivity contribution is 5.86. The van der Waals surface area contributed by atoms with Crippen LogP contribution in [0.3, 0.4) is 0 Å². The first-order valence-electron chi connectivity index (χ1n) is 4.68. The third-order valence-corrected chi connectivity index (χ3v) is 2.01. The van der Waals surface area contributed by atoms with Crippen molar-refractivity contribution in [3.63, 3.8) is 0 Å². The van der Waals surface area contributed by atoms with E-state index in [2.05, 4.69) is 10.5 Å². The zero-order chi connectivity index (χ0) is 11.2. The standard InChI is InChI=1S/C9H19N3O2/c1-4-5-7(13)11-6-9(2,3)8(10)12-14/h14H,4-6H2,1-3H3,(H2,10,12)(H,11,13). The van der Waals surface area contributed by atoms with Gasteiger partial charge in [0, 0.05) is 18.4 Å². The number of hydrogen-bond donors (Lipinski definition) is 3. The molecule has 0 saturated heterocycles. The Hall–Kier alpha value is -1.26. The van der Waals surface area contributed by atoms with Gasteiger partial charge < -0.3 is 16.3 Å². The first-order chi connectivity index (χ1) is 6.44. The van der Waals surface area contributed by atoms with Crippen LogP contribution in [-0.2, 0) is 4.79 Å². The molecule has 0 bridgehead atoms. The minimum absolute atomic E-state index is 0.00804. The van der Waals surface area contributed by atoms with Gasteiger partial charge in [0.2, 0.25) is 5.91 Å². The SMILES string of the molecule is CCCC(=O)NCC(C)(C)C(N)=NO. The zero-order valence-corrected chi connectivity index (χ0v) is 9.00. The number of nitrogens with two attached hydrogens (primary N) is 1. The number of carbonyl (C=O) groups is 1. The van der Waals surface area contributed by atoms with Gasteiger partial charge in [0.15, 0.2) is 0 Å². The van der Waals surface area contributed by atoms with Crippen LogP contribution in [0.5, 0.6) is 0 Å². The van der Waals surface area contributed by atoms with Gasteiger partial charge in [-0.15, -0.1) is 0 Å². The summed E-state index contributed by atoms with van der Waals surface area (Å²) < 4.78 is 0. The topological polar surface area (TPSA) is 87.7 Å². The Morgan fingerprint density at radius 2 is 2.14 bits per heavy atom. The van der Waals surface area contributed by atoms with Gasteiger partial charge in [-0.3, -0.25) is 4.79 Å². The molecule has 82 valence electrons. The summed E-state index contributed by atoms with van der Waals surface area (Å²) in [5.41, 5.74) is 4.94. The Morgan fingerprint density at radius 3 is 2.57 bits per heavy atom. The number of hydrogen-bond acceptors (Lipinski definition) is 3. The molecule has 0 heterocycles. The lowest BCUT2D eigenvalue weighted by Crippen LogP contribution is -2.42. The van der Waals surface area contributed by atoms with E-state index in [-0.39, 0.29) is 11.7 Å². The summed E-state index contributed by atoms with van der Waals surface area (Å²) in [6.45, 7) is 5.92. The lowest BCUT2D eigenvalue weighted by atomic mass is 9.92. The Morgan fingerprint density at radius 1 is 1.57 bits per heavy atom. The van der Waals surface area contributed by atoms with Gasteiger partial charge in [-0.05, 0) is 6.42 Å². The van der Waals surface area contributed by atoms with Crippen molar-refractivity contribution in [1.29, 1.82) is 0 Å². The van der Waals surface area contributed by atoms with E-state index in [9.17, 15) is 4.79 Å². The van der Waals surface area contributed by atoms with Crippen LogP contribution in [0.1, 0.15) is 33.6 Å². The van der Waals surface area contributed by atoms with Crippen LogP contribution < -0.4 is 11.1 Å². The predicted molar refractivity (Wildman–Crippen MR) is 55.1 cm³/mol. The van der Waals surface area contributed by atoms with Crippen molar-refractivity contribution in [2.24, 2.45) is 16.3 Å². The molecule has 0 rings (SSSR count). The molecular weight excluding hydrogens is 182 g/mol. The molecule has 0 aromatic carbocycles. The van der Waals surface area contributed by atoms with Crippen molar-refractivity contribution in [1.82, 2.24) is 5.32 Å². The lowest BCUT2D eigenvalue weighted by Gasteiger charge is -2.22. The molecular formula is C9H19N3O2. The van der Waals surface area contributed by atoms with Crippen molar-refractivity contribution in [2.75, 3.05) is 6.54 Å². The molecule has 5 heteroatoms. The van der Waals surface area contributed by atoms with Gasteiger partial charge >= 0.3 is 0 Å². The average molecular weight is 201 g/mol. The van der Waals surface area contributed by atoms with Crippen LogP contribution >= 0.6 is 0 Å². The number of rotatable bonds is 5. The molecule has 0 aliphatic carbocycles. The fraction of sp³-hybridized carbons (Fsp3) is 0.778. The molecule has 0 fully saturated rings. The molecule has 0 unspecified atom stereocenters. The minimum Gasteiger partial charge on any atom is -0.409 e. The fourth-order valence-corrected chi connectivity index (χ4v) is 0.861. The van der Waals surface area contributed by atoms with Crippen LogP contribution in [0.4, 0.5) is 0 Å². The summed E-state index contributed by atoms with van der Waals surface area (Å²) in [5.74, 6) is 0.112. The molecule has 1 amide bonds. The van der Waals surface area contributed by atoms with Gasteiger partial charge in [0.1, 0.15) is 5.84 Å². The highest BCUT2D eigenvalue weighted by Gasteiger charge is 2.23. The number of carbonyl (C=O) groups excluding carboxylic acids is 1. The Bertz CT molecular complexity index is 224. The molecule has 4 N–H and O–H groups in total. The normalized spacial score (nSPS) is 12.6. The molecule has 0 spiro atoms. The second-order valence-electron chi connectivity index (χ2n) is 3.90. The van der Waals surface area contributed by atoms with Crippen molar-refractivity contribution in [2.45, 2.75) is 33.6 Å². The molecule has 0 radical (unpaired) electrons. The monoisotopic (exact) mass is 201 g/mol. The van der Waals surface area contributed by atoms with Crippen LogP contribution in [0, 0.1) is 5.41 Å². The molecule has 0 aromatic heterocycles. The van der Waals surface area contributed by atoms with Gasteiger partial charge in [0.05, 0.1) is 0 Å². The van der Waals surface area contributed by atoms with Gasteiger partial charge in [-0.2, -0.15) is 0 Å². The Kier molecular flexibility index (Phi) is 4.97. The van der Waals surface area contributed by atoms with E-state index in [1.54, 1.807) is 13.8 Å². The maximum absolute atomic E-state index is 11.1. The number of nitrogens with one attached hydrogen (secondary N) is 1. The highest BCUT2D eigenvalue weighted by atomic mass is 16.4. The van der Waals surface area contributed by atoms with E-state index in [0.29, 0.717) is 13.0 Å². The molecule has 0 saturated carbocycles. The molecule has 14 heavy (non-hydrogen) atoms. The third kappa shape index (κ3) is 4.11. The lowest BCUT2D eigenvalue weighted by molar-refractivity contribution is -0.121. The zero-order valence-electron chi connectivity index (χ0n) is 9.00. The summed E-state index contributed by atoms with van der Waals surface area (Å²) in [6, 6.07) is 0. The van der Waals surface area contributed by atoms with Crippen LogP contribution in [-0.4, -0.2) is 23.5 Å². The number of amides is 1. The van der Waals surface area contributed by atoms with E-state index < -0.39 is 5.41 Å². The summed E-state index contributed by atoms with van der Waals surface area (Å²) in [7, 11) is 0. The molecule has 0 aromatic rings. The molecule has 0 aliphatic heterocycles. The Balaban J connectivity index is 4.05. The number of oxime groups is 1. The molecule has 0 atom stereocenters. The Labute approximate surface area is 84.4 Å². The summed E-state index contributed by atoms with van der Waals surface area (Å²) in [4.78, 5) is 11.1. The van der Waals surface area contributed by atoms with E-state index >= 15 is 0 Å². The van der Waals surface area contributed by atoms with Crippen molar-refractivity contribution in [3.05, 3.63) is 0 Å². The number of amidine groups is 1. The maximum Gasteiger partial charge on any atom is 0.220 e. The van der Waals surface area contributed by atoms with Crippen molar-refractivity contribution >= 4 is 11.7 Å². The van der Waals surface area contributed by atoms with E-state index in [1.807, 2.05) is 6.92 Å². The van der Waals surface area contributed by atoms with Crippen LogP contribution in [0.2, 0.25) is 0 Å². The predicted octanol–water partition coefficient (Wildman–Crippen LogP) is 0.675. The second-order valence-corrected chi connectivity index (χ2v) is 3.90. The average Bonchev–Trinajstić information content (AvgIpc) is 2.14. The van der Waals surface area contributed by atoms with E-state index in [0.717, 1.165) is 6.42 Å². The second kappa shape index (κ2) is 5.47. The van der Waals surface area contributed by atoms with Gasteiger partial charge in [-0.25, -0.2) is 0 Å². The summed E-state index contributed by atoms with van der Waals surface area (Å²) in [6.07, 6.45) is 1.32. The van der Waals surface area contributed by atoms with Crippen LogP contribution in [0.15, 0.2) is 5.16 Å². The maximum atomic E-state index is 11.1. The van der Waals surface area contributed by atoms with Gasteiger partial charge in [0.25, 0.3) is 0 Å². The molecule has 0 aliphatic rings. The largest absolute Gasteiger partial charge is 0.409 e. The first kappa shape index (κ1) is 12.7. The van der Waals surface area contributed by atoms with E-state index in [4.69, 9.17) is 10.9 Å². The molecule has 5 nitrogen and oxygen atoms in total. The summed E-state index contributed by atoms with van der Waals surface area (Å²) in [5, 5.41) is 14.1. The van der Waals surface area contributed by atoms with Crippen molar-refractivity contribution in [3.8, 4) is 0 Å². The minimum atomic E-state index is -0.516. The third-order valence-electron chi connectivity index (χ3n) is 2.01. The van der Waals surface area contributed by atoms with Crippen molar-refractivity contribution < 1.29 is 10.0 Å². The summed E-state index contributed by atoms with van der Waals surface area (Å²) >= 11 is 0. The first-order valence-corrected chi connectivity index (χ1v) is 4.68. The van der Waals surface area contributed by atoms with E-state index in [1.165, 1.54) is 0 Å². The highest BCUT2D eigenvalue weighted by Crippen LogP contribution is 2.13. The number of nitrogens with zero attached hydrogens (tertiary/aromatic N) is 1. The quantitative estimate of drug-likeness (QED) is 0.264.